The molecule has 0 aromatic carbocycles. The number of piperidine rings is 1. The lowest BCUT2D eigenvalue weighted by Gasteiger charge is -2.33. The van der Waals surface area contributed by atoms with Crippen LogP contribution in [0.4, 0.5) is 0 Å². The maximum atomic E-state index is 11.5. The highest BCUT2D eigenvalue weighted by Gasteiger charge is 2.28. The van der Waals surface area contributed by atoms with Crippen LogP contribution in [0.2, 0.25) is 0 Å². The first kappa shape index (κ1) is 14.5. The van der Waals surface area contributed by atoms with Crippen LogP contribution < -0.4 is 17.0 Å². The molecule has 5 N–H and O–H groups in total. The third kappa shape index (κ3) is 3.00. The SMILES string of the molecule is Cc1oc(C(=O)NN)cc1CN1CCCCC1C(N)=O. The largest absolute Gasteiger partial charge is 0.456 e. The van der Waals surface area contributed by atoms with Crippen molar-refractivity contribution in [2.75, 3.05) is 6.54 Å². The smallest absolute Gasteiger partial charge is 0.300 e. The Morgan fingerprint density at radius 3 is 2.90 bits per heavy atom. The molecule has 1 aliphatic rings. The number of aryl methyl sites for hydroxylation is 1. The number of hydrazine groups is 1. The number of nitrogens with zero attached hydrogens (tertiary/aromatic N) is 1. The number of nitrogens with two attached hydrogens (primary N) is 2. The lowest BCUT2D eigenvalue weighted by Crippen LogP contribution is -2.47. The molecular formula is C13H20N4O3. The van der Waals surface area contributed by atoms with E-state index in [2.05, 4.69) is 0 Å². The predicted octanol–water partition coefficient (Wildman–Crippen LogP) is 0.0313. The molecule has 1 aliphatic heterocycles. The summed E-state index contributed by atoms with van der Waals surface area (Å²) in [5, 5.41) is 0. The van der Waals surface area contributed by atoms with Gasteiger partial charge in [0.2, 0.25) is 5.91 Å². The summed E-state index contributed by atoms with van der Waals surface area (Å²) in [7, 11) is 0. The predicted molar refractivity (Wildman–Crippen MR) is 72.3 cm³/mol. The molecule has 1 unspecified atom stereocenters. The minimum absolute atomic E-state index is 0.174. The summed E-state index contributed by atoms with van der Waals surface area (Å²) in [4.78, 5) is 24.9. The molecule has 0 aliphatic carbocycles. The van der Waals surface area contributed by atoms with Gasteiger partial charge in [-0.15, -0.1) is 0 Å². The van der Waals surface area contributed by atoms with E-state index in [0.717, 1.165) is 31.4 Å². The molecule has 110 valence electrons. The lowest BCUT2D eigenvalue weighted by atomic mass is 10.0. The highest BCUT2D eigenvalue weighted by Crippen LogP contribution is 2.22. The molecule has 2 amide bonds. The van der Waals surface area contributed by atoms with E-state index < -0.39 is 5.91 Å². The molecule has 1 aromatic rings. The number of carbonyl (C=O) groups is 2. The monoisotopic (exact) mass is 280 g/mol. The summed E-state index contributed by atoms with van der Waals surface area (Å²) in [6, 6.07) is 1.41. The molecule has 0 spiro atoms. The highest BCUT2D eigenvalue weighted by atomic mass is 16.4. The summed E-state index contributed by atoms with van der Waals surface area (Å²) in [5.41, 5.74) is 8.34. The number of rotatable bonds is 4. The van der Waals surface area contributed by atoms with Crippen molar-refractivity contribution >= 4 is 11.8 Å². The standard InChI is InChI=1S/C13H20N4O3/c1-8-9(6-11(20-8)13(19)16-15)7-17-5-3-2-4-10(17)12(14)18/h6,10H,2-5,7,15H2,1H3,(H2,14,18)(H,16,19). The first-order valence-electron chi connectivity index (χ1n) is 6.66. The number of likely N-dealkylation sites (tertiary alicyclic amines) is 1. The van der Waals surface area contributed by atoms with Gasteiger partial charge in [-0.2, -0.15) is 0 Å². The van der Waals surface area contributed by atoms with Crippen LogP contribution in [0.1, 0.15) is 41.1 Å². The first-order valence-corrected chi connectivity index (χ1v) is 6.66. The lowest BCUT2D eigenvalue weighted by molar-refractivity contribution is -0.124. The molecule has 1 saturated heterocycles. The number of primary amides is 1. The van der Waals surface area contributed by atoms with Crippen LogP contribution in [0.25, 0.3) is 0 Å². The maximum absolute atomic E-state index is 11.5. The van der Waals surface area contributed by atoms with Crippen molar-refractivity contribution in [3.63, 3.8) is 0 Å². The zero-order chi connectivity index (χ0) is 14.7. The van der Waals surface area contributed by atoms with Gasteiger partial charge < -0.3 is 10.2 Å². The Balaban J connectivity index is 2.14. The molecule has 0 radical (unpaired) electrons. The van der Waals surface area contributed by atoms with Crippen molar-refractivity contribution in [3.05, 3.63) is 23.2 Å². The third-order valence-corrected chi connectivity index (χ3v) is 3.69. The van der Waals surface area contributed by atoms with Crippen molar-refractivity contribution in [2.45, 2.75) is 38.8 Å². The van der Waals surface area contributed by atoms with E-state index in [0.29, 0.717) is 12.3 Å². The molecule has 0 bridgehead atoms. The first-order chi connectivity index (χ1) is 9.52. The Kier molecular flexibility index (Phi) is 4.41. The average Bonchev–Trinajstić information content (AvgIpc) is 2.79. The van der Waals surface area contributed by atoms with E-state index in [1.807, 2.05) is 10.3 Å². The normalized spacial score (nSPS) is 19.8. The van der Waals surface area contributed by atoms with Crippen LogP contribution in [0.15, 0.2) is 10.5 Å². The van der Waals surface area contributed by atoms with E-state index in [4.69, 9.17) is 16.0 Å². The molecule has 2 rings (SSSR count). The molecule has 1 aromatic heterocycles. The molecule has 20 heavy (non-hydrogen) atoms. The Bertz CT molecular complexity index is 512. The van der Waals surface area contributed by atoms with E-state index in [1.165, 1.54) is 0 Å². The van der Waals surface area contributed by atoms with Crippen LogP contribution >= 0.6 is 0 Å². The molecular weight excluding hydrogens is 260 g/mol. The van der Waals surface area contributed by atoms with Crippen LogP contribution in [-0.4, -0.2) is 29.3 Å². The second-order valence-corrected chi connectivity index (χ2v) is 5.05. The fourth-order valence-corrected chi connectivity index (χ4v) is 2.58. The van der Waals surface area contributed by atoms with Gasteiger partial charge in [-0.25, -0.2) is 5.84 Å². The number of amides is 2. The van der Waals surface area contributed by atoms with Crippen molar-refractivity contribution in [3.8, 4) is 0 Å². The van der Waals surface area contributed by atoms with E-state index >= 15 is 0 Å². The Labute approximate surface area is 117 Å². The molecule has 0 saturated carbocycles. The van der Waals surface area contributed by atoms with Gasteiger partial charge in [-0.1, -0.05) is 6.42 Å². The second-order valence-electron chi connectivity index (χ2n) is 5.05. The van der Waals surface area contributed by atoms with Gasteiger partial charge in [-0.05, 0) is 32.4 Å². The highest BCUT2D eigenvalue weighted by molar-refractivity contribution is 5.91. The van der Waals surface area contributed by atoms with Gasteiger partial charge in [0.25, 0.3) is 0 Å². The quantitative estimate of drug-likeness (QED) is 0.409. The summed E-state index contributed by atoms with van der Waals surface area (Å²) in [5.74, 6) is 5.13. The van der Waals surface area contributed by atoms with Gasteiger partial charge in [0.15, 0.2) is 5.76 Å². The molecule has 1 atom stereocenters. The zero-order valence-electron chi connectivity index (χ0n) is 11.5. The Morgan fingerprint density at radius 1 is 1.50 bits per heavy atom. The van der Waals surface area contributed by atoms with Gasteiger partial charge >= 0.3 is 5.91 Å². The minimum atomic E-state index is -0.468. The van der Waals surface area contributed by atoms with Crippen LogP contribution in [-0.2, 0) is 11.3 Å². The van der Waals surface area contributed by atoms with Gasteiger partial charge in [0.05, 0.1) is 6.04 Å². The summed E-state index contributed by atoms with van der Waals surface area (Å²) in [6.07, 6.45) is 2.83. The maximum Gasteiger partial charge on any atom is 0.300 e. The minimum Gasteiger partial charge on any atom is -0.456 e. The molecule has 7 nitrogen and oxygen atoms in total. The summed E-state index contributed by atoms with van der Waals surface area (Å²) >= 11 is 0. The Morgan fingerprint density at radius 2 is 2.25 bits per heavy atom. The van der Waals surface area contributed by atoms with Crippen LogP contribution in [0.5, 0.6) is 0 Å². The number of furan rings is 1. The zero-order valence-corrected chi connectivity index (χ0v) is 11.5. The van der Waals surface area contributed by atoms with Crippen molar-refractivity contribution in [1.29, 1.82) is 0 Å². The Hall–Kier alpha value is -1.86. The van der Waals surface area contributed by atoms with E-state index in [-0.39, 0.29) is 17.7 Å². The number of hydrogen-bond donors (Lipinski definition) is 3. The average molecular weight is 280 g/mol. The second kappa shape index (κ2) is 6.06. The topological polar surface area (TPSA) is 115 Å². The molecule has 2 heterocycles. The van der Waals surface area contributed by atoms with Crippen molar-refractivity contribution < 1.29 is 14.0 Å². The number of nitrogens with one attached hydrogen (secondary N) is 1. The van der Waals surface area contributed by atoms with Crippen LogP contribution in [0.3, 0.4) is 0 Å². The van der Waals surface area contributed by atoms with E-state index in [9.17, 15) is 9.59 Å². The fraction of sp³-hybridized carbons (Fsp3) is 0.538. The van der Waals surface area contributed by atoms with Crippen LogP contribution in [0, 0.1) is 6.92 Å². The molecule has 7 heteroatoms. The van der Waals surface area contributed by atoms with Gasteiger partial charge in [-0.3, -0.25) is 19.9 Å². The van der Waals surface area contributed by atoms with Crippen molar-refractivity contribution in [1.82, 2.24) is 10.3 Å². The third-order valence-electron chi connectivity index (χ3n) is 3.69. The van der Waals surface area contributed by atoms with Crippen molar-refractivity contribution in [2.24, 2.45) is 11.6 Å². The molecule has 1 fully saturated rings. The summed E-state index contributed by atoms with van der Waals surface area (Å²) < 4.78 is 5.37. The summed E-state index contributed by atoms with van der Waals surface area (Å²) in [6.45, 7) is 3.14. The number of carbonyl (C=O) groups excluding carboxylic acids is 2. The number of nitrogen functional groups attached to an aromatic ring is 1. The van der Waals surface area contributed by atoms with E-state index in [1.54, 1.807) is 13.0 Å². The van der Waals surface area contributed by atoms with Gasteiger partial charge in [0, 0.05) is 12.1 Å². The van der Waals surface area contributed by atoms with Gasteiger partial charge in [0.1, 0.15) is 5.76 Å². The number of hydrogen-bond acceptors (Lipinski definition) is 5. The fourth-order valence-electron chi connectivity index (χ4n) is 2.58.